The summed E-state index contributed by atoms with van der Waals surface area (Å²) in [5.74, 6) is 1.04. The number of aryl methyl sites for hydroxylation is 1. The highest BCUT2D eigenvalue weighted by molar-refractivity contribution is 7.14. The summed E-state index contributed by atoms with van der Waals surface area (Å²) in [6.45, 7) is 1.99. The molecule has 1 aromatic carbocycles. The second-order valence-corrected chi connectivity index (χ2v) is 5.31. The molecule has 0 atom stereocenters. The molecule has 4 rings (SSSR count). The lowest BCUT2D eigenvalue weighted by Crippen LogP contribution is -2.15. The normalized spacial score (nSPS) is 12.8. The van der Waals surface area contributed by atoms with Crippen LogP contribution in [0.2, 0.25) is 0 Å². The number of nitrogens with zero attached hydrogens (tertiary/aromatic N) is 3. The molecule has 0 fully saturated rings. The molecule has 2 aromatic heterocycles. The van der Waals surface area contributed by atoms with Gasteiger partial charge in [0.1, 0.15) is 5.51 Å². The van der Waals surface area contributed by atoms with Gasteiger partial charge in [0.25, 0.3) is 5.91 Å². The first-order chi connectivity index (χ1) is 10.2. The van der Waals surface area contributed by atoms with E-state index in [9.17, 15) is 4.79 Å². The predicted octanol–water partition coefficient (Wildman–Crippen LogP) is 2.08. The SMILES string of the molecule is Cc1nc2scnn2c1C(=O)Nc1ccc2c(c1)OCO2. The van der Waals surface area contributed by atoms with Crippen LogP contribution >= 0.6 is 11.3 Å². The van der Waals surface area contributed by atoms with Crippen molar-refractivity contribution >= 4 is 27.9 Å². The summed E-state index contributed by atoms with van der Waals surface area (Å²) in [5, 5.41) is 6.95. The van der Waals surface area contributed by atoms with Gasteiger partial charge in [-0.25, -0.2) is 4.98 Å². The zero-order valence-electron chi connectivity index (χ0n) is 11.0. The van der Waals surface area contributed by atoms with Gasteiger partial charge in [0, 0.05) is 11.8 Å². The van der Waals surface area contributed by atoms with E-state index in [0.717, 1.165) is 0 Å². The number of benzene rings is 1. The molecule has 3 aromatic rings. The van der Waals surface area contributed by atoms with Crippen LogP contribution in [0, 0.1) is 6.92 Å². The van der Waals surface area contributed by atoms with E-state index in [1.165, 1.54) is 11.3 Å². The van der Waals surface area contributed by atoms with Crippen LogP contribution in [0.3, 0.4) is 0 Å². The number of rotatable bonds is 2. The van der Waals surface area contributed by atoms with Crippen LogP contribution in [-0.4, -0.2) is 27.3 Å². The summed E-state index contributed by atoms with van der Waals surface area (Å²) in [6.07, 6.45) is 0. The molecule has 0 spiro atoms. The highest BCUT2D eigenvalue weighted by atomic mass is 32.1. The Labute approximate surface area is 123 Å². The lowest BCUT2D eigenvalue weighted by Gasteiger charge is -2.05. The van der Waals surface area contributed by atoms with Gasteiger partial charge in [0.2, 0.25) is 11.8 Å². The Kier molecular flexibility index (Phi) is 2.58. The molecule has 1 amide bonds. The van der Waals surface area contributed by atoms with E-state index >= 15 is 0 Å². The zero-order chi connectivity index (χ0) is 14.4. The molecule has 1 N–H and O–H groups in total. The van der Waals surface area contributed by atoms with Crippen molar-refractivity contribution in [3.8, 4) is 11.5 Å². The van der Waals surface area contributed by atoms with Gasteiger partial charge >= 0.3 is 0 Å². The van der Waals surface area contributed by atoms with Crippen LogP contribution in [0.1, 0.15) is 16.2 Å². The van der Waals surface area contributed by atoms with E-state index in [1.54, 1.807) is 35.1 Å². The van der Waals surface area contributed by atoms with Gasteiger partial charge < -0.3 is 14.8 Å². The van der Waals surface area contributed by atoms with Gasteiger partial charge in [-0.15, -0.1) is 0 Å². The molecule has 0 bridgehead atoms. The number of amides is 1. The Hall–Kier alpha value is -2.61. The number of hydrogen-bond acceptors (Lipinski definition) is 6. The quantitative estimate of drug-likeness (QED) is 0.784. The van der Waals surface area contributed by atoms with E-state index in [-0.39, 0.29) is 12.7 Å². The molecule has 0 saturated carbocycles. The maximum absolute atomic E-state index is 12.4. The molecule has 1 aliphatic rings. The molecule has 1 aliphatic heterocycles. The van der Waals surface area contributed by atoms with Crippen LogP contribution in [0.4, 0.5) is 5.69 Å². The van der Waals surface area contributed by atoms with E-state index in [0.29, 0.717) is 33.5 Å². The monoisotopic (exact) mass is 302 g/mol. The maximum Gasteiger partial charge on any atom is 0.276 e. The molecule has 0 unspecified atom stereocenters. The highest BCUT2D eigenvalue weighted by Gasteiger charge is 2.20. The Morgan fingerprint density at radius 1 is 1.38 bits per heavy atom. The highest BCUT2D eigenvalue weighted by Crippen LogP contribution is 2.34. The fourth-order valence-electron chi connectivity index (χ4n) is 2.22. The summed E-state index contributed by atoms with van der Waals surface area (Å²) in [7, 11) is 0. The third kappa shape index (κ3) is 1.91. The molecule has 106 valence electrons. The molecule has 0 aliphatic carbocycles. The van der Waals surface area contributed by atoms with Crippen LogP contribution in [0.5, 0.6) is 11.5 Å². The predicted molar refractivity (Wildman–Crippen MR) is 76.1 cm³/mol. The summed E-state index contributed by atoms with van der Waals surface area (Å²) in [4.78, 5) is 17.4. The molecule has 3 heterocycles. The third-order valence-electron chi connectivity index (χ3n) is 3.17. The molecule has 0 saturated heterocycles. The Balaban J connectivity index is 1.66. The Morgan fingerprint density at radius 3 is 3.14 bits per heavy atom. The van der Waals surface area contributed by atoms with Crippen molar-refractivity contribution in [1.82, 2.24) is 14.6 Å². The number of anilines is 1. The van der Waals surface area contributed by atoms with Gasteiger partial charge in [0.05, 0.1) is 5.69 Å². The second kappa shape index (κ2) is 4.45. The van der Waals surface area contributed by atoms with Crippen molar-refractivity contribution in [3.05, 3.63) is 35.1 Å². The average Bonchev–Trinajstić information content (AvgIpc) is 3.12. The van der Waals surface area contributed by atoms with Crippen molar-refractivity contribution in [2.75, 3.05) is 12.1 Å². The van der Waals surface area contributed by atoms with E-state index in [1.807, 2.05) is 0 Å². The largest absolute Gasteiger partial charge is 0.454 e. The molecule has 21 heavy (non-hydrogen) atoms. The number of nitrogens with one attached hydrogen (secondary N) is 1. The lowest BCUT2D eigenvalue weighted by molar-refractivity contribution is 0.102. The topological polar surface area (TPSA) is 77.8 Å². The third-order valence-corrected chi connectivity index (χ3v) is 3.84. The zero-order valence-corrected chi connectivity index (χ0v) is 11.8. The molecule has 0 radical (unpaired) electrons. The summed E-state index contributed by atoms with van der Waals surface area (Å²) < 4.78 is 12.1. The second-order valence-electron chi connectivity index (χ2n) is 4.50. The minimum Gasteiger partial charge on any atom is -0.454 e. The summed E-state index contributed by atoms with van der Waals surface area (Å²) in [6, 6.07) is 5.26. The number of carbonyl (C=O) groups excluding carboxylic acids is 1. The fourth-order valence-corrected chi connectivity index (χ4v) is 2.88. The Bertz CT molecular complexity index is 854. The van der Waals surface area contributed by atoms with E-state index in [4.69, 9.17) is 9.47 Å². The first-order valence-electron chi connectivity index (χ1n) is 6.22. The van der Waals surface area contributed by atoms with Crippen molar-refractivity contribution in [2.45, 2.75) is 6.92 Å². The van der Waals surface area contributed by atoms with E-state index in [2.05, 4.69) is 15.4 Å². The number of ether oxygens (including phenoxy) is 2. The van der Waals surface area contributed by atoms with Gasteiger partial charge in [0.15, 0.2) is 17.2 Å². The fraction of sp³-hybridized carbons (Fsp3) is 0.154. The maximum atomic E-state index is 12.4. The first-order valence-corrected chi connectivity index (χ1v) is 7.10. The number of hydrogen-bond donors (Lipinski definition) is 1. The van der Waals surface area contributed by atoms with Gasteiger partial charge in [-0.2, -0.15) is 9.61 Å². The number of aromatic nitrogens is 3. The van der Waals surface area contributed by atoms with Crippen molar-refractivity contribution in [3.63, 3.8) is 0 Å². The minimum absolute atomic E-state index is 0.202. The van der Waals surface area contributed by atoms with E-state index < -0.39 is 0 Å². The van der Waals surface area contributed by atoms with Gasteiger partial charge in [-0.3, -0.25) is 4.79 Å². The van der Waals surface area contributed by atoms with Gasteiger partial charge in [-0.1, -0.05) is 11.3 Å². The summed E-state index contributed by atoms with van der Waals surface area (Å²) in [5.41, 5.74) is 3.37. The summed E-state index contributed by atoms with van der Waals surface area (Å²) >= 11 is 1.39. The van der Waals surface area contributed by atoms with Crippen molar-refractivity contribution < 1.29 is 14.3 Å². The van der Waals surface area contributed by atoms with Crippen LogP contribution in [0.25, 0.3) is 4.96 Å². The minimum atomic E-state index is -0.259. The van der Waals surface area contributed by atoms with Crippen LogP contribution < -0.4 is 14.8 Å². The number of imidazole rings is 1. The van der Waals surface area contributed by atoms with Crippen LogP contribution in [-0.2, 0) is 0 Å². The Morgan fingerprint density at radius 2 is 2.24 bits per heavy atom. The standard InChI is InChI=1S/C13H10N4O3S/c1-7-11(17-13(15-7)21-5-14-17)12(18)16-8-2-3-9-10(4-8)20-6-19-9/h2-5H,6H2,1H3,(H,16,18). The number of carbonyl (C=O) groups is 1. The van der Waals surface area contributed by atoms with Crippen LogP contribution in [0.15, 0.2) is 23.7 Å². The number of fused-ring (bicyclic) bond motifs is 2. The van der Waals surface area contributed by atoms with Crippen molar-refractivity contribution in [2.24, 2.45) is 0 Å². The molecule has 7 nitrogen and oxygen atoms in total. The smallest absolute Gasteiger partial charge is 0.276 e. The molecular formula is C13H10N4O3S. The molecule has 8 heteroatoms. The first kappa shape index (κ1) is 12.2. The van der Waals surface area contributed by atoms with Crippen molar-refractivity contribution in [1.29, 1.82) is 0 Å². The lowest BCUT2D eigenvalue weighted by atomic mass is 10.2. The van der Waals surface area contributed by atoms with Gasteiger partial charge in [-0.05, 0) is 19.1 Å². The average molecular weight is 302 g/mol. The molecular weight excluding hydrogens is 292 g/mol.